The van der Waals surface area contributed by atoms with E-state index in [-0.39, 0.29) is 24.9 Å². The first-order chi connectivity index (χ1) is 13.1. The first-order valence-electron chi connectivity index (χ1n) is 8.20. The van der Waals surface area contributed by atoms with E-state index in [1.54, 1.807) is 36.4 Å². The van der Waals surface area contributed by atoms with Crippen molar-refractivity contribution >= 4 is 34.5 Å². The summed E-state index contributed by atoms with van der Waals surface area (Å²) in [5, 5.41) is 17.3. The van der Waals surface area contributed by atoms with Gasteiger partial charge in [0.25, 0.3) is 5.91 Å². The molecule has 3 N–H and O–H groups in total. The summed E-state index contributed by atoms with van der Waals surface area (Å²) in [7, 11) is 0. The van der Waals surface area contributed by atoms with Crippen LogP contribution in [0.2, 0.25) is 5.02 Å². The van der Waals surface area contributed by atoms with Gasteiger partial charge in [-0.1, -0.05) is 23.7 Å². The molecule has 0 unspecified atom stereocenters. The van der Waals surface area contributed by atoms with Gasteiger partial charge in [0.2, 0.25) is 0 Å². The molecule has 0 saturated carbocycles. The van der Waals surface area contributed by atoms with Crippen molar-refractivity contribution in [1.82, 2.24) is 10.3 Å². The van der Waals surface area contributed by atoms with Crippen molar-refractivity contribution in [3.63, 3.8) is 0 Å². The number of carbonyl (C=O) groups excluding carboxylic acids is 1. The average molecular weight is 406 g/mol. The Kier molecular flexibility index (Phi) is 6.39. The topological polar surface area (TPSA) is 74.2 Å². The van der Waals surface area contributed by atoms with Crippen LogP contribution < -0.4 is 10.6 Å². The molecule has 0 aliphatic heterocycles. The highest BCUT2D eigenvalue weighted by Gasteiger charge is 2.11. The Morgan fingerprint density at radius 1 is 1.26 bits per heavy atom. The number of halogens is 2. The zero-order valence-corrected chi connectivity index (χ0v) is 15.8. The standard InChI is InChI=1S/C19H17ClFN3O2S/c20-16-9-12(5-6-14(16)18(26)22-7-8-25)23-10-13-11-27-19(24-13)15-3-1-2-4-17(15)21/h1-6,9,11,23,25H,7-8,10H2,(H,22,26). The number of thiazole rings is 1. The molecular weight excluding hydrogens is 389 g/mol. The van der Waals surface area contributed by atoms with Crippen LogP contribution in [0.4, 0.5) is 10.1 Å². The molecule has 2 aromatic carbocycles. The predicted molar refractivity (Wildman–Crippen MR) is 106 cm³/mol. The van der Waals surface area contributed by atoms with Crippen LogP contribution in [0.15, 0.2) is 47.8 Å². The molecule has 1 heterocycles. The summed E-state index contributed by atoms with van der Waals surface area (Å²) in [4.78, 5) is 16.4. The number of hydrogen-bond acceptors (Lipinski definition) is 5. The number of anilines is 1. The molecule has 0 aliphatic carbocycles. The first-order valence-corrected chi connectivity index (χ1v) is 9.46. The molecule has 0 aliphatic rings. The Morgan fingerprint density at radius 3 is 2.81 bits per heavy atom. The predicted octanol–water partition coefficient (Wildman–Crippen LogP) is 3.94. The Labute approximate surface area is 164 Å². The molecule has 5 nitrogen and oxygen atoms in total. The Bertz CT molecular complexity index is 948. The Morgan fingerprint density at radius 2 is 2.07 bits per heavy atom. The van der Waals surface area contributed by atoms with Crippen LogP contribution in [-0.2, 0) is 6.54 Å². The third-order valence-electron chi connectivity index (χ3n) is 3.74. The maximum absolute atomic E-state index is 13.9. The molecule has 1 amide bonds. The summed E-state index contributed by atoms with van der Waals surface area (Å²) in [6, 6.07) is 11.5. The van der Waals surface area contributed by atoms with Crippen LogP contribution in [0.25, 0.3) is 10.6 Å². The summed E-state index contributed by atoms with van der Waals surface area (Å²) >= 11 is 7.55. The Hall–Kier alpha value is -2.48. The maximum atomic E-state index is 13.9. The van der Waals surface area contributed by atoms with Gasteiger partial charge in [-0.3, -0.25) is 4.79 Å². The maximum Gasteiger partial charge on any atom is 0.252 e. The fourth-order valence-corrected chi connectivity index (χ4v) is 3.53. The molecule has 3 aromatic rings. The summed E-state index contributed by atoms with van der Waals surface area (Å²) in [5.74, 6) is -0.636. The van der Waals surface area contributed by atoms with Gasteiger partial charge in [0.15, 0.2) is 0 Å². The number of rotatable bonds is 7. The van der Waals surface area contributed by atoms with Crippen LogP contribution in [0.3, 0.4) is 0 Å². The van der Waals surface area contributed by atoms with Gasteiger partial charge < -0.3 is 15.7 Å². The van der Waals surface area contributed by atoms with Gasteiger partial charge in [-0.15, -0.1) is 11.3 Å². The van der Waals surface area contributed by atoms with Crippen LogP contribution >= 0.6 is 22.9 Å². The van der Waals surface area contributed by atoms with Crippen LogP contribution in [0.1, 0.15) is 16.1 Å². The second kappa shape index (κ2) is 8.94. The number of nitrogens with one attached hydrogen (secondary N) is 2. The highest BCUT2D eigenvalue weighted by molar-refractivity contribution is 7.13. The van der Waals surface area contributed by atoms with Crippen molar-refractivity contribution in [3.8, 4) is 10.6 Å². The third kappa shape index (κ3) is 4.82. The quantitative estimate of drug-likeness (QED) is 0.556. The monoisotopic (exact) mass is 405 g/mol. The minimum absolute atomic E-state index is 0.133. The highest BCUT2D eigenvalue weighted by atomic mass is 35.5. The number of carbonyl (C=O) groups is 1. The smallest absolute Gasteiger partial charge is 0.252 e. The van der Waals surface area contributed by atoms with E-state index in [2.05, 4.69) is 15.6 Å². The number of aliphatic hydroxyl groups is 1. The number of hydrogen-bond donors (Lipinski definition) is 3. The molecular formula is C19H17ClFN3O2S. The van der Waals surface area contributed by atoms with E-state index in [0.717, 1.165) is 11.4 Å². The minimum Gasteiger partial charge on any atom is -0.395 e. The lowest BCUT2D eigenvalue weighted by atomic mass is 10.2. The van der Waals surface area contributed by atoms with Crippen molar-refractivity contribution in [2.24, 2.45) is 0 Å². The van der Waals surface area contributed by atoms with Gasteiger partial charge in [0, 0.05) is 23.2 Å². The summed E-state index contributed by atoms with van der Waals surface area (Å²) in [6.45, 7) is 0.478. The number of benzene rings is 2. The third-order valence-corrected chi connectivity index (χ3v) is 4.98. The van der Waals surface area contributed by atoms with Crippen LogP contribution in [0.5, 0.6) is 0 Å². The number of aliphatic hydroxyl groups excluding tert-OH is 1. The molecule has 8 heteroatoms. The fourth-order valence-electron chi connectivity index (χ4n) is 2.41. The molecule has 0 spiro atoms. The molecule has 27 heavy (non-hydrogen) atoms. The van der Waals surface area contributed by atoms with Crippen molar-refractivity contribution in [1.29, 1.82) is 0 Å². The lowest BCUT2D eigenvalue weighted by Crippen LogP contribution is -2.26. The van der Waals surface area contributed by atoms with E-state index < -0.39 is 0 Å². The molecule has 0 saturated heterocycles. The molecule has 3 rings (SSSR count). The van der Waals surface area contributed by atoms with Gasteiger partial charge in [0.1, 0.15) is 10.8 Å². The molecule has 0 radical (unpaired) electrons. The highest BCUT2D eigenvalue weighted by Crippen LogP contribution is 2.27. The van der Waals surface area contributed by atoms with Crippen molar-refractivity contribution < 1.29 is 14.3 Å². The van der Waals surface area contributed by atoms with Gasteiger partial charge in [-0.05, 0) is 30.3 Å². The largest absolute Gasteiger partial charge is 0.395 e. The zero-order chi connectivity index (χ0) is 19.2. The molecule has 0 bridgehead atoms. The normalized spacial score (nSPS) is 10.6. The lowest BCUT2D eigenvalue weighted by Gasteiger charge is -2.09. The first kappa shape index (κ1) is 19.3. The summed E-state index contributed by atoms with van der Waals surface area (Å²) < 4.78 is 13.9. The van der Waals surface area contributed by atoms with Crippen molar-refractivity contribution in [3.05, 3.63) is 69.9 Å². The SMILES string of the molecule is O=C(NCCO)c1ccc(NCc2csc(-c3ccccc3F)n2)cc1Cl. The summed E-state index contributed by atoms with van der Waals surface area (Å²) in [5.41, 5.74) is 2.33. The van der Waals surface area contributed by atoms with E-state index >= 15 is 0 Å². The minimum atomic E-state index is -0.338. The number of aromatic nitrogens is 1. The van der Waals surface area contributed by atoms with Crippen molar-refractivity contribution in [2.45, 2.75) is 6.54 Å². The van der Waals surface area contributed by atoms with E-state index in [1.807, 2.05) is 5.38 Å². The van der Waals surface area contributed by atoms with Crippen LogP contribution in [-0.4, -0.2) is 29.1 Å². The van der Waals surface area contributed by atoms with Gasteiger partial charge in [-0.25, -0.2) is 9.37 Å². The zero-order valence-electron chi connectivity index (χ0n) is 14.2. The summed E-state index contributed by atoms with van der Waals surface area (Å²) in [6.07, 6.45) is 0. The van der Waals surface area contributed by atoms with Gasteiger partial charge in [0.05, 0.1) is 29.4 Å². The van der Waals surface area contributed by atoms with Gasteiger partial charge >= 0.3 is 0 Å². The van der Waals surface area contributed by atoms with Crippen LogP contribution in [0, 0.1) is 5.82 Å². The molecule has 140 valence electrons. The van der Waals surface area contributed by atoms with E-state index in [9.17, 15) is 9.18 Å². The van der Waals surface area contributed by atoms with Crippen molar-refractivity contribution in [2.75, 3.05) is 18.5 Å². The second-order valence-corrected chi connectivity index (χ2v) is 6.92. The lowest BCUT2D eigenvalue weighted by molar-refractivity contribution is 0.0945. The van der Waals surface area contributed by atoms with Gasteiger partial charge in [-0.2, -0.15) is 0 Å². The number of amides is 1. The van der Waals surface area contributed by atoms with E-state index in [0.29, 0.717) is 27.7 Å². The van der Waals surface area contributed by atoms with E-state index in [4.69, 9.17) is 16.7 Å². The number of nitrogens with zero attached hydrogens (tertiary/aromatic N) is 1. The average Bonchev–Trinajstić information content (AvgIpc) is 3.13. The molecule has 1 aromatic heterocycles. The Balaban J connectivity index is 1.65. The molecule has 0 atom stereocenters. The van der Waals surface area contributed by atoms with E-state index in [1.165, 1.54) is 17.4 Å². The second-order valence-electron chi connectivity index (χ2n) is 5.65. The fraction of sp³-hybridized carbons (Fsp3) is 0.158. The molecule has 0 fully saturated rings.